The van der Waals surface area contributed by atoms with Crippen molar-refractivity contribution in [3.63, 3.8) is 0 Å². The molecule has 1 aromatic heterocycles. The van der Waals surface area contributed by atoms with Gasteiger partial charge in [-0.05, 0) is 37.5 Å². The van der Waals surface area contributed by atoms with Gasteiger partial charge in [-0.25, -0.2) is 9.78 Å². The minimum absolute atomic E-state index is 0.246. The van der Waals surface area contributed by atoms with E-state index in [1.54, 1.807) is 11.8 Å². The maximum atomic E-state index is 12.2. The van der Waals surface area contributed by atoms with Crippen LogP contribution in [0.3, 0.4) is 0 Å². The molecule has 0 fully saturated rings. The Bertz CT molecular complexity index is 818. The van der Waals surface area contributed by atoms with E-state index in [1.165, 1.54) is 6.92 Å². The predicted molar refractivity (Wildman–Crippen MR) is 93.3 cm³/mol. The molecule has 1 atom stereocenters. The monoisotopic (exact) mass is 342 g/mol. The first-order valence-corrected chi connectivity index (χ1v) is 8.48. The molecule has 6 heteroatoms. The van der Waals surface area contributed by atoms with Crippen molar-refractivity contribution >= 4 is 23.0 Å². The SMILES string of the molecule is CCOC(=O)N1CCc2c(nc3ccccc3c2C)C(OC(C)=O)C1. The summed E-state index contributed by atoms with van der Waals surface area (Å²) in [5.41, 5.74) is 3.75. The number of ether oxygens (including phenoxy) is 2. The second-order valence-electron chi connectivity index (χ2n) is 6.11. The van der Waals surface area contributed by atoms with Gasteiger partial charge in [0.15, 0.2) is 6.10 Å². The lowest BCUT2D eigenvalue weighted by atomic mass is 9.97. The van der Waals surface area contributed by atoms with Crippen LogP contribution in [-0.4, -0.2) is 41.6 Å². The molecule has 1 amide bonds. The molecule has 0 aliphatic carbocycles. The van der Waals surface area contributed by atoms with Crippen LogP contribution < -0.4 is 0 Å². The molecule has 132 valence electrons. The molecule has 2 aromatic rings. The van der Waals surface area contributed by atoms with Crippen molar-refractivity contribution in [2.75, 3.05) is 19.7 Å². The third-order valence-electron chi connectivity index (χ3n) is 4.47. The van der Waals surface area contributed by atoms with E-state index < -0.39 is 18.2 Å². The molecule has 0 N–H and O–H groups in total. The zero-order valence-electron chi connectivity index (χ0n) is 14.7. The summed E-state index contributed by atoms with van der Waals surface area (Å²) in [7, 11) is 0. The molecule has 3 rings (SSSR count). The topological polar surface area (TPSA) is 68.7 Å². The molecule has 1 aromatic carbocycles. The van der Waals surface area contributed by atoms with E-state index in [4.69, 9.17) is 14.5 Å². The number of para-hydroxylation sites is 1. The zero-order chi connectivity index (χ0) is 18.0. The minimum Gasteiger partial charge on any atom is -0.454 e. The Kier molecular flexibility index (Phi) is 4.88. The van der Waals surface area contributed by atoms with Gasteiger partial charge in [0.1, 0.15) is 0 Å². The maximum absolute atomic E-state index is 12.2. The van der Waals surface area contributed by atoms with Crippen LogP contribution in [0.4, 0.5) is 4.79 Å². The lowest BCUT2D eigenvalue weighted by molar-refractivity contribution is -0.147. The van der Waals surface area contributed by atoms with Gasteiger partial charge in [-0.2, -0.15) is 0 Å². The molecular formula is C19H22N2O4. The Morgan fingerprint density at radius 1 is 1.32 bits per heavy atom. The van der Waals surface area contributed by atoms with Gasteiger partial charge in [0.25, 0.3) is 0 Å². The Balaban J connectivity index is 2.07. The average Bonchev–Trinajstić information content (AvgIpc) is 2.75. The smallest absolute Gasteiger partial charge is 0.409 e. The lowest BCUT2D eigenvalue weighted by Gasteiger charge is -2.23. The second-order valence-corrected chi connectivity index (χ2v) is 6.11. The number of aryl methyl sites for hydroxylation is 1. The van der Waals surface area contributed by atoms with Gasteiger partial charge in [-0.15, -0.1) is 0 Å². The maximum Gasteiger partial charge on any atom is 0.409 e. The van der Waals surface area contributed by atoms with Crippen LogP contribution in [-0.2, 0) is 20.7 Å². The van der Waals surface area contributed by atoms with Crippen molar-refractivity contribution in [1.82, 2.24) is 9.88 Å². The number of hydrogen-bond acceptors (Lipinski definition) is 5. The number of hydrogen-bond donors (Lipinski definition) is 0. The molecule has 1 aliphatic heterocycles. The van der Waals surface area contributed by atoms with Crippen LogP contribution in [0.1, 0.15) is 36.8 Å². The first kappa shape index (κ1) is 17.2. The fourth-order valence-corrected chi connectivity index (χ4v) is 3.32. The number of fused-ring (bicyclic) bond motifs is 2. The average molecular weight is 342 g/mol. The van der Waals surface area contributed by atoms with Crippen LogP contribution in [0.15, 0.2) is 24.3 Å². The summed E-state index contributed by atoms with van der Waals surface area (Å²) in [5, 5.41) is 1.08. The Morgan fingerprint density at radius 2 is 2.08 bits per heavy atom. The first-order valence-electron chi connectivity index (χ1n) is 8.48. The number of pyridine rings is 1. The number of benzene rings is 1. The largest absolute Gasteiger partial charge is 0.454 e. The number of amides is 1. The summed E-state index contributed by atoms with van der Waals surface area (Å²) >= 11 is 0. The van der Waals surface area contributed by atoms with Gasteiger partial charge in [0.2, 0.25) is 0 Å². The van der Waals surface area contributed by atoms with Crippen molar-refractivity contribution < 1.29 is 19.1 Å². The molecule has 2 heterocycles. The lowest BCUT2D eigenvalue weighted by Crippen LogP contribution is -2.36. The number of esters is 1. The zero-order valence-corrected chi connectivity index (χ0v) is 14.7. The fraction of sp³-hybridized carbons (Fsp3) is 0.421. The molecule has 0 saturated heterocycles. The predicted octanol–water partition coefficient (Wildman–Crippen LogP) is 3.16. The van der Waals surface area contributed by atoms with Crippen molar-refractivity contribution in [2.45, 2.75) is 33.3 Å². The van der Waals surface area contributed by atoms with Crippen LogP contribution in [0, 0.1) is 6.92 Å². The van der Waals surface area contributed by atoms with Gasteiger partial charge < -0.3 is 14.4 Å². The quantitative estimate of drug-likeness (QED) is 0.784. The Morgan fingerprint density at radius 3 is 2.80 bits per heavy atom. The van der Waals surface area contributed by atoms with Gasteiger partial charge in [0, 0.05) is 18.9 Å². The highest BCUT2D eigenvalue weighted by Gasteiger charge is 2.31. The summed E-state index contributed by atoms with van der Waals surface area (Å²) in [5.74, 6) is -0.394. The molecule has 0 radical (unpaired) electrons. The summed E-state index contributed by atoms with van der Waals surface area (Å²) in [4.78, 5) is 30.1. The van der Waals surface area contributed by atoms with Gasteiger partial charge in [-0.1, -0.05) is 18.2 Å². The molecule has 0 bridgehead atoms. The third kappa shape index (κ3) is 3.43. The molecule has 1 aliphatic rings. The second kappa shape index (κ2) is 7.09. The fourth-order valence-electron chi connectivity index (χ4n) is 3.32. The number of rotatable bonds is 2. The number of nitrogens with zero attached hydrogens (tertiary/aromatic N) is 2. The molecule has 25 heavy (non-hydrogen) atoms. The molecule has 6 nitrogen and oxygen atoms in total. The molecule has 0 saturated carbocycles. The van der Waals surface area contributed by atoms with Gasteiger partial charge in [0.05, 0.1) is 24.4 Å². The van der Waals surface area contributed by atoms with E-state index in [9.17, 15) is 9.59 Å². The summed E-state index contributed by atoms with van der Waals surface area (Å²) in [6.45, 7) is 6.25. The van der Waals surface area contributed by atoms with Crippen molar-refractivity contribution in [3.05, 3.63) is 41.1 Å². The number of carbonyl (C=O) groups is 2. The first-order chi connectivity index (χ1) is 12.0. The Labute approximate surface area is 146 Å². The van der Waals surface area contributed by atoms with E-state index in [-0.39, 0.29) is 6.54 Å². The van der Waals surface area contributed by atoms with Crippen LogP contribution in [0.25, 0.3) is 10.9 Å². The highest BCUT2D eigenvalue weighted by Crippen LogP contribution is 2.31. The van der Waals surface area contributed by atoms with Crippen LogP contribution in [0.5, 0.6) is 0 Å². The van der Waals surface area contributed by atoms with E-state index in [0.29, 0.717) is 19.6 Å². The van der Waals surface area contributed by atoms with Crippen molar-refractivity contribution in [2.24, 2.45) is 0 Å². The van der Waals surface area contributed by atoms with Crippen LogP contribution >= 0.6 is 0 Å². The minimum atomic E-state index is -0.595. The normalized spacial score (nSPS) is 16.9. The van der Waals surface area contributed by atoms with E-state index in [0.717, 1.165) is 27.7 Å². The van der Waals surface area contributed by atoms with Crippen molar-refractivity contribution in [3.8, 4) is 0 Å². The van der Waals surface area contributed by atoms with E-state index >= 15 is 0 Å². The number of aromatic nitrogens is 1. The Hall–Kier alpha value is -2.63. The molecular weight excluding hydrogens is 320 g/mol. The molecule has 1 unspecified atom stereocenters. The van der Waals surface area contributed by atoms with E-state index in [2.05, 4.69) is 0 Å². The van der Waals surface area contributed by atoms with Crippen LogP contribution in [0.2, 0.25) is 0 Å². The number of carbonyl (C=O) groups excluding carboxylic acids is 2. The van der Waals surface area contributed by atoms with Gasteiger partial charge in [-0.3, -0.25) is 4.79 Å². The molecule has 0 spiro atoms. The summed E-state index contributed by atoms with van der Waals surface area (Å²) in [6.07, 6.45) is -0.340. The third-order valence-corrected chi connectivity index (χ3v) is 4.47. The van der Waals surface area contributed by atoms with E-state index in [1.807, 2.05) is 31.2 Å². The standard InChI is InChI=1S/C19H22N2O4/c1-4-24-19(23)21-10-9-15-12(2)14-7-5-6-8-16(14)20-18(15)17(11-21)25-13(3)22/h5-8,17H,4,9-11H2,1-3H3. The highest BCUT2D eigenvalue weighted by molar-refractivity contribution is 5.83. The van der Waals surface area contributed by atoms with Gasteiger partial charge >= 0.3 is 12.1 Å². The highest BCUT2D eigenvalue weighted by atomic mass is 16.6. The summed E-state index contributed by atoms with van der Waals surface area (Å²) in [6, 6.07) is 7.90. The summed E-state index contributed by atoms with van der Waals surface area (Å²) < 4.78 is 10.6. The van der Waals surface area contributed by atoms with Crippen molar-refractivity contribution in [1.29, 1.82) is 0 Å².